The largest absolute Gasteiger partial charge is 0.479 e. The van der Waals surface area contributed by atoms with Gasteiger partial charge in [0.25, 0.3) is 11.5 Å². The number of carbonyl (C=O) groups excluding carboxylic acids is 1. The highest BCUT2D eigenvalue weighted by Gasteiger charge is 2.45. The lowest BCUT2D eigenvalue weighted by Gasteiger charge is -2.19. The van der Waals surface area contributed by atoms with Crippen molar-refractivity contribution in [1.82, 2.24) is 14.9 Å². The van der Waals surface area contributed by atoms with Gasteiger partial charge in [0.1, 0.15) is 18.0 Å². The van der Waals surface area contributed by atoms with Crippen molar-refractivity contribution in [3.63, 3.8) is 0 Å². The fourth-order valence-corrected chi connectivity index (χ4v) is 3.68. The Balaban J connectivity index is 1.64. The number of hydrogen-bond donors (Lipinski definition) is 3. The Morgan fingerprint density at radius 3 is 2.78 bits per heavy atom. The van der Waals surface area contributed by atoms with E-state index in [1.54, 1.807) is 13.0 Å². The van der Waals surface area contributed by atoms with Crippen LogP contribution in [0.3, 0.4) is 0 Å². The quantitative estimate of drug-likeness (QED) is 0.542. The lowest BCUT2D eigenvalue weighted by Crippen LogP contribution is -2.43. The lowest BCUT2D eigenvalue weighted by molar-refractivity contribution is -0.128. The second-order valence-electron chi connectivity index (χ2n) is 7.25. The van der Waals surface area contributed by atoms with E-state index >= 15 is 0 Å². The van der Waals surface area contributed by atoms with E-state index in [0.29, 0.717) is 11.4 Å². The summed E-state index contributed by atoms with van der Waals surface area (Å²) >= 11 is 11.9. The maximum absolute atomic E-state index is 14.7. The predicted molar refractivity (Wildman–Crippen MR) is 115 cm³/mol. The number of nitrogens with one attached hydrogen (secondary N) is 2. The number of nitrogens with zero attached hydrogens (tertiary/aromatic N) is 1. The van der Waals surface area contributed by atoms with Crippen LogP contribution in [-0.2, 0) is 16.0 Å². The number of aromatic nitrogens is 2. The number of rotatable bonds is 7. The Kier molecular flexibility index (Phi) is 7.60. The highest BCUT2D eigenvalue weighted by atomic mass is 35.5. The van der Waals surface area contributed by atoms with Gasteiger partial charge in [0.15, 0.2) is 18.5 Å². The summed E-state index contributed by atoms with van der Waals surface area (Å²) in [6.07, 6.45) is -5.58. The van der Waals surface area contributed by atoms with Crippen LogP contribution in [0.5, 0.6) is 5.75 Å². The van der Waals surface area contributed by atoms with Gasteiger partial charge in [-0.25, -0.2) is 9.18 Å². The molecule has 0 radical (unpaired) electrons. The van der Waals surface area contributed by atoms with Gasteiger partial charge in [0.2, 0.25) is 0 Å². The third kappa shape index (κ3) is 5.15. The fourth-order valence-electron chi connectivity index (χ4n) is 3.22. The fraction of sp³-hybridized carbons (Fsp3) is 0.450. The van der Waals surface area contributed by atoms with E-state index in [0.717, 1.165) is 4.57 Å². The number of halogens is 3. The molecule has 1 saturated heterocycles. The molecule has 174 valence electrons. The van der Waals surface area contributed by atoms with Crippen LogP contribution in [-0.4, -0.2) is 51.6 Å². The van der Waals surface area contributed by atoms with Gasteiger partial charge >= 0.3 is 5.69 Å². The van der Waals surface area contributed by atoms with E-state index in [1.165, 1.54) is 25.3 Å². The molecule has 2 aromatic rings. The molecule has 3 rings (SSSR count). The van der Waals surface area contributed by atoms with E-state index in [2.05, 4.69) is 10.3 Å². The first kappa shape index (κ1) is 24.2. The molecule has 1 aliphatic rings. The minimum atomic E-state index is -1.95. The van der Waals surface area contributed by atoms with Gasteiger partial charge in [-0.1, -0.05) is 30.1 Å². The van der Waals surface area contributed by atoms with Crippen LogP contribution in [0.2, 0.25) is 10.0 Å². The average molecular weight is 490 g/mol. The molecule has 0 aliphatic carbocycles. The molecule has 1 fully saturated rings. The molecule has 12 heteroatoms. The molecule has 1 aromatic heterocycles. The smallest absolute Gasteiger partial charge is 0.330 e. The number of alkyl halides is 1. The van der Waals surface area contributed by atoms with Gasteiger partial charge in [0, 0.05) is 23.3 Å². The van der Waals surface area contributed by atoms with Crippen LogP contribution in [0.1, 0.15) is 25.6 Å². The van der Waals surface area contributed by atoms with Crippen LogP contribution in [0.25, 0.3) is 0 Å². The molecule has 9 nitrogen and oxygen atoms in total. The van der Waals surface area contributed by atoms with Crippen molar-refractivity contribution in [2.45, 2.75) is 51.0 Å². The topological polar surface area (TPSA) is 123 Å². The molecule has 5 atom stereocenters. The molecule has 2 heterocycles. The van der Waals surface area contributed by atoms with Crippen LogP contribution < -0.4 is 21.3 Å². The minimum absolute atomic E-state index is 0.229. The molecule has 32 heavy (non-hydrogen) atoms. The third-order valence-electron chi connectivity index (χ3n) is 5.03. The number of hydrogen-bond acceptors (Lipinski definition) is 6. The number of aliphatic hydroxyl groups is 1. The summed E-state index contributed by atoms with van der Waals surface area (Å²) in [7, 11) is 0. The van der Waals surface area contributed by atoms with Gasteiger partial charge in [0.05, 0.1) is 5.02 Å². The Hall–Kier alpha value is -2.40. The van der Waals surface area contributed by atoms with E-state index in [1.807, 2.05) is 0 Å². The number of aryl methyl sites for hydroxylation is 1. The highest BCUT2D eigenvalue weighted by Crippen LogP contribution is 2.31. The zero-order valence-corrected chi connectivity index (χ0v) is 18.7. The standard InChI is InChI=1S/C20H22Cl2FN3O6/c1-3-10-8-26(20(30)25-18(10)29)19-15(23)16(27)14(32-19)7-24-17(28)9(2)31-13-5-4-11(21)6-12(13)22/h4-6,8-9,14-16,19,27H,3,7H2,1-2H3,(H,24,28)(H,25,29,30)/t9?,14-,15+,16-,19-/m1/s1. The van der Waals surface area contributed by atoms with E-state index in [-0.39, 0.29) is 22.9 Å². The first-order valence-corrected chi connectivity index (χ1v) is 10.6. The van der Waals surface area contributed by atoms with Gasteiger partial charge in [-0.05, 0) is 31.5 Å². The first-order valence-electron chi connectivity index (χ1n) is 9.83. The molecule has 0 saturated carbocycles. The summed E-state index contributed by atoms with van der Waals surface area (Å²) < 4.78 is 26.6. The average Bonchev–Trinajstić information content (AvgIpc) is 3.02. The van der Waals surface area contributed by atoms with Crippen LogP contribution in [0.15, 0.2) is 34.0 Å². The normalized spacial score (nSPS) is 23.7. The lowest BCUT2D eigenvalue weighted by atomic mass is 10.1. The monoisotopic (exact) mass is 489 g/mol. The van der Waals surface area contributed by atoms with Gasteiger partial charge in [-0.2, -0.15) is 0 Å². The second kappa shape index (κ2) is 10.0. The SMILES string of the molecule is CCc1cn([C@@H]2O[C@H](CNC(=O)C(C)Oc3ccc(Cl)cc3Cl)[C@@H](O)[C@@H]2F)c(=O)[nH]c1=O. The summed E-state index contributed by atoms with van der Waals surface area (Å²) in [6, 6.07) is 4.54. The maximum atomic E-state index is 14.7. The molecule has 0 bridgehead atoms. The number of amides is 1. The number of carbonyl (C=O) groups is 1. The first-order chi connectivity index (χ1) is 15.1. The summed E-state index contributed by atoms with van der Waals surface area (Å²) in [5, 5.41) is 13.4. The molecule has 0 spiro atoms. The van der Waals surface area contributed by atoms with Crippen molar-refractivity contribution in [3.8, 4) is 5.75 Å². The summed E-state index contributed by atoms with van der Waals surface area (Å²) in [6.45, 7) is 2.95. The van der Waals surface area contributed by atoms with Gasteiger partial charge < -0.3 is 19.9 Å². The van der Waals surface area contributed by atoms with Gasteiger partial charge in [-0.15, -0.1) is 0 Å². The van der Waals surface area contributed by atoms with E-state index in [4.69, 9.17) is 32.7 Å². The number of aliphatic hydroxyl groups excluding tert-OH is 1. The Bertz CT molecular complexity index is 1110. The second-order valence-corrected chi connectivity index (χ2v) is 8.10. The Morgan fingerprint density at radius 2 is 2.12 bits per heavy atom. The predicted octanol–water partition coefficient (Wildman–Crippen LogP) is 1.59. The molecule has 1 aromatic carbocycles. The van der Waals surface area contributed by atoms with Crippen LogP contribution >= 0.6 is 23.2 Å². The van der Waals surface area contributed by atoms with Crippen molar-refractivity contribution < 1.29 is 23.8 Å². The molecular formula is C20H22Cl2FN3O6. The van der Waals surface area contributed by atoms with Crippen LogP contribution in [0, 0.1) is 0 Å². The molecule has 3 N–H and O–H groups in total. The number of H-pyrrole nitrogens is 1. The third-order valence-corrected chi connectivity index (χ3v) is 5.57. The number of aromatic amines is 1. The van der Waals surface area contributed by atoms with Crippen LogP contribution in [0.4, 0.5) is 4.39 Å². The zero-order chi connectivity index (χ0) is 23.6. The number of benzene rings is 1. The number of ether oxygens (including phenoxy) is 2. The highest BCUT2D eigenvalue weighted by molar-refractivity contribution is 6.35. The van der Waals surface area contributed by atoms with Crippen molar-refractivity contribution >= 4 is 29.1 Å². The van der Waals surface area contributed by atoms with Crippen molar-refractivity contribution in [1.29, 1.82) is 0 Å². The van der Waals surface area contributed by atoms with Crippen molar-refractivity contribution in [2.75, 3.05) is 6.54 Å². The molecule has 1 aliphatic heterocycles. The summed E-state index contributed by atoms with van der Waals surface area (Å²) in [4.78, 5) is 38.3. The van der Waals surface area contributed by atoms with E-state index < -0.39 is 47.9 Å². The molecule has 1 unspecified atom stereocenters. The van der Waals surface area contributed by atoms with Crippen molar-refractivity contribution in [3.05, 3.63) is 60.8 Å². The zero-order valence-electron chi connectivity index (χ0n) is 17.2. The van der Waals surface area contributed by atoms with E-state index in [9.17, 15) is 23.9 Å². The summed E-state index contributed by atoms with van der Waals surface area (Å²) in [5.41, 5.74) is -1.17. The molecule has 1 amide bonds. The van der Waals surface area contributed by atoms with Gasteiger partial charge in [-0.3, -0.25) is 19.1 Å². The Morgan fingerprint density at radius 1 is 1.41 bits per heavy atom. The van der Waals surface area contributed by atoms with Crippen molar-refractivity contribution in [2.24, 2.45) is 0 Å². The Labute approximate surface area is 192 Å². The maximum Gasteiger partial charge on any atom is 0.330 e. The summed E-state index contributed by atoms with van der Waals surface area (Å²) in [5.74, 6) is -0.302. The minimum Gasteiger partial charge on any atom is -0.479 e. The molecular weight excluding hydrogens is 468 g/mol.